The van der Waals surface area contributed by atoms with Crippen LogP contribution in [0.3, 0.4) is 0 Å². The van der Waals surface area contributed by atoms with E-state index in [1.165, 1.54) is 19.2 Å². The number of amides is 1. The normalized spacial score (nSPS) is 10.9. The second-order valence-corrected chi connectivity index (χ2v) is 7.26. The summed E-state index contributed by atoms with van der Waals surface area (Å²) in [5, 5.41) is 17.1. The lowest BCUT2D eigenvalue weighted by Crippen LogP contribution is -2.32. The number of nitro benzene ring substituents is 1. The van der Waals surface area contributed by atoms with Gasteiger partial charge in [-0.1, -0.05) is 6.07 Å². The number of nitro groups is 1. The number of carbonyl (C=O) groups is 1. The number of aryl methyl sites for hydroxylation is 1. The molecule has 0 radical (unpaired) electrons. The molecule has 0 bridgehead atoms. The summed E-state index contributed by atoms with van der Waals surface area (Å²) in [6.07, 6.45) is -0.506. The van der Waals surface area contributed by atoms with Gasteiger partial charge in [0.25, 0.3) is 5.69 Å². The second-order valence-electron chi connectivity index (χ2n) is 7.26. The molecule has 0 saturated heterocycles. The van der Waals surface area contributed by atoms with Crippen molar-refractivity contribution in [3.8, 4) is 5.75 Å². The van der Waals surface area contributed by atoms with Crippen LogP contribution in [-0.4, -0.2) is 23.7 Å². The van der Waals surface area contributed by atoms with E-state index in [1.807, 2.05) is 25.1 Å². The summed E-state index contributed by atoms with van der Waals surface area (Å²) in [7, 11) is 1.50. The van der Waals surface area contributed by atoms with Gasteiger partial charge in [-0.15, -0.1) is 0 Å². The van der Waals surface area contributed by atoms with Crippen LogP contribution in [0.5, 0.6) is 5.75 Å². The molecule has 0 aliphatic heterocycles. The zero-order chi connectivity index (χ0) is 20.9. The summed E-state index contributed by atoms with van der Waals surface area (Å²) in [4.78, 5) is 22.7. The number of nitrogens with zero attached hydrogens (tertiary/aromatic N) is 1. The Morgan fingerprint density at radius 2 is 1.89 bits per heavy atom. The monoisotopic (exact) mass is 387 g/mol. The van der Waals surface area contributed by atoms with Gasteiger partial charge in [-0.2, -0.15) is 0 Å². The molecule has 2 aromatic carbocycles. The number of benzene rings is 2. The average molecular weight is 387 g/mol. The number of methoxy groups -OCH3 is 1. The first-order valence-electron chi connectivity index (χ1n) is 8.75. The standard InChI is InChI=1S/C20H25N3O5/c1-13-6-7-15(10-14(13)12-21-19(24)28-20(2,3)4)22-17-11-16(27-5)8-9-18(17)23(25)26/h6-11,22H,12H2,1-5H3,(H,21,24). The van der Waals surface area contributed by atoms with E-state index in [0.717, 1.165) is 11.1 Å². The van der Waals surface area contributed by atoms with Gasteiger partial charge in [-0.25, -0.2) is 4.79 Å². The van der Waals surface area contributed by atoms with Gasteiger partial charge in [0.2, 0.25) is 0 Å². The maximum absolute atomic E-state index is 11.9. The molecule has 0 aliphatic rings. The SMILES string of the molecule is COc1ccc([N+](=O)[O-])c(Nc2ccc(C)c(CNC(=O)OC(C)(C)C)c2)c1. The molecule has 0 spiro atoms. The lowest BCUT2D eigenvalue weighted by Gasteiger charge is -2.20. The number of alkyl carbamates (subject to hydrolysis) is 1. The molecule has 0 saturated carbocycles. The number of rotatable bonds is 6. The van der Waals surface area contributed by atoms with Crippen molar-refractivity contribution < 1.29 is 19.2 Å². The Morgan fingerprint density at radius 3 is 2.50 bits per heavy atom. The zero-order valence-corrected chi connectivity index (χ0v) is 16.7. The molecule has 8 nitrogen and oxygen atoms in total. The first kappa shape index (κ1) is 21.0. The van der Waals surface area contributed by atoms with Crippen LogP contribution in [0.4, 0.5) is 21.9 Å². The lowest BCUT2D eigenvalue weighted by atomic mass is 10.1. The summed E-state index contributed by atoms with van der Waals surface area (Å²) >= 11 is 0. The first-order chi connectivity index (χ1) is 13.1. The van der Waals surface area contributed by atoms with Gasteiger partial charge in [0.15, 0.2) is 0 Å². The summed E-state index contributed by atoms with van der Waals surface area (Å²) < 4.78 is 10.4. The highest BCUT2D eigenvalue weighted by molar-refractivity contribution is 5.72. The molecular weight excluding hydrogens is 362 g/mol. The van der Waals surface area contributed by atoms with Crippen molar-refractivity contribution in [2.24, 2.45) is 0 Å². The van der Waals surface area contributed by atoms with Crippen molar-refractivity contribution >= 4 is 23.2 Å². The fourth-order valence-corrected chi connectivity index (χ4v) is 2.48. The minimum absolute atomic E-state index is 0.0604. The second kappa shape index (κ2) is 8.60. The third-order valence-electron chi connectivity index (χ3n) is 3.85. The third-order valence-corrected chi connectivity index (χ3v) is 3.85. The van der Waals surface area contributed by atoms with Crippen molar-refractivity contribution in [2.45, 2.75) is 39.8 Å². The molecule has 0 unspecified atom stereocenters. The van der Waals surface area contributed by atoms with E-state index in [1.54, 1.807) is 26.8 Å². The molecule has 0 atom stereocenters. The lowest BCUT2D eigenvalue weighted by molar-refractivity contribution is -0.383. The summed E-state index contributed by atoms with van der Waals surface area (Å²) in [5.41, 5.74) is 2.17. The quantitative estimate of drug-likeness (QED) is 0.551. The van der Waals surface area contributed by atoms with Gasteiger partial charge in [0.05, 0.1) is 12.0 Å². The van der Waals surface area contributed by atoms with E-state index in [2.05, 4.69) is 10.6 Å². The Morgan fingerprint density at radius 1 is 1.18 bits per heavy atom. The molecule has 28 heavy (non-hydrogen) atoms. The van der Waals surface area contributed by atoms with E-state index in [9.17, 15) is 14.9 Å². The number of carbonyl (C=O) groups excluding carboxylic acids is 1. The molecule has 0 heterocycles. The van der Waals surface area contributed by atoms with E-state index >= 15 is 0 Å². The molecular formula is C20H25N3O5. The van der Waals surface area contributed by atoms with Gasteiger partial charge in [0.1, 0.15) is 17.0 Å². The largest absolute Gasteiger partial charge is 0.497 e. The fraction of sp³-hybridized carbons (Fsp3) is 0.350. The van der Waals surface area contributed by atoms with Crippen LogP contribution in [0.25, 0.3) is 0 Å². The predicted molar refractivity (Wildman–Crippen MR) is 107 cm³/mol. The molecule has 0 aromatic heterocycles. The summed E-state index contributed by atoms with van der Waals surface area (Å²) in [5.74, 6) is 0.507. The molecule has 2 rings (SSSR count). The zero-order valence-electron chi connectivity index (χ0n) is 16.7. The van der Waals surface area contributed by atoms with E-state index in [4.69, 9.17) is 9.47 Å². The van der Waals surface area contributed by atoms with Gasteiger partial charge in [0, 0.05) is 24.4 Å². The van der Waals surface area contributed by atoms with Gasteiger partial charge in [-0.3, -0.25) is 10.1 Å². The highest BCUT2D eigenvalue weighted by atomic mass is 16.6. The minimum atomic E-state index is -0.576. The topological polar surface area (TPSA) is 103 Å². The van der Waals surface area contributed by atoms with E-state index in [-0.39, 0.29) is 12.2 Å². The van der Waals surface area contributed by atoms with Crippen molar-refractivity contribution in [1.29, 1.82) is 0 Å². The summed E-state index contributed by atoms with van der Waals surface area (Å²) in [6, 6.07) is 10.0. The van der Waals surface area contributed by atoms with Crippen molar-refractivity contribution in [3.63, 3.8) is 0 Å². The molecule has 2 N–H and O–H groups in total. The Bertz CT molecular complexity index is 875. The molecule has 2 aromatic rings. The number of ether oxygens (including phenoxy) is 2. The molecule has 0 aliphatic carbocycles. The van der Waals surface area contributed by atoms with Gasteiger partial charge in [-0.05, 0) is 57.0 Å². The molecule has 150 valence electrons. The van der Waals surface area contributed by atoms with E-state index < -0.39 is 16.6 Å². The Balaban J connectivity index is 2.19. The first-order valence-corrected chi connectivity index (χ1v) is 8.75. The third kappa shape index (κ3) is 5.87. The number of hydrogen-bond donors (Lipinski definition) is 2. The highest BCUT2D eigenvalue weighted by Crippen LogP contribution is 2.32. The van der Waals surface area contributed by atoms with Crippen LogP contribution in [0.1, 0.15) is 31.9 Å². The minimum Gasteiger partial charge on any atom is -0.497 e. The fourth-order valence-electron chi connectivity index (χ4n) is 2.48. The maximum Gasteiger partial charge on any atom is 0.407 e. The molecule has 8 heteroatoms. The Hall–Kier alpha value is -3.29. The predicted octanol–water partition coefficient (Wildman–Crippen LogP) is 4.68. The van der Waals surface area contributed by atoms with Crippen molar-refractivity contribution in [3.05, 3.63) is 57.6 Å². The summed E-state index contributed by atoms with van der Waals surface area (Å²) in [6.45, 7) is 7.58. The van der Waals surface area contributed by atoms with Crippen LogP contribution in [0, 0.1) is 17.0 Å². The highest BCUT2D eigenvalue weighted by Gasteiger charge is 2.17. The Kier molecular flexibility index (Phi) is 6.45. The number of anilines is 2. The van der Waals surface area contributed by atoms with Gasteiger partial charge >= 0.3 is 6.09 Å². The number of nitrogens with one attached hydrogen (secondary N) is 2. The van der Waals surface area contributed by atoms with Crippen LogP contribution in [0.2, 0.25) is 0 Å². The average Bonchev–Trinajstić information content (AvgIpc) is 2.60. The van der Waals surface area contributed by atoms with E-state index in [0.29, 0.717) is 17.1 Å². The van der Waals surface area contributed by atoms with Crippen LogP contribution in [0.15, 0.2) is 36.4 Å². The van der Waals surface area contributed by atoms with Crippen LogP contribution < -0.4 is 15.4 Å². The van der Waals surface area contributed by atoms with Crippen molar-refractivity contribution in [1.82, 2.24) is 5.32 Å². The number of hydrogen-bond acceptors (Lipinski definition) is 6. The molecule has 0 fully saturated rings. The Labute approximate surface area is 164 Å². The van der Waals surface area contributed by atoms with Gasteiger partial charge < -0.3 is 20.1 Å². The van der Waals surface area contributed by atoms with Crippen LogP contribution in [-0.2, 0) is 11.3 Å². The maximum atomic E-state index is 11.9. The van der Waals surface area contributed by atoms with Crippen molar-refractivity contribution in [2.75, 3.05) is 12.4 Å². The molecule has 1 amide bonds. The smallest absolute Gasteiger partial charge is 0.407 e. The van der Waals surface area contributed by atoms with Crippen LogP contribution >= 0.6 is 0 Å².